The number of anilines is 1. The summed E-state index contributed by atoms with van der Waals surface area (Å²) in [6.45, 7) is 0.633. The van der Waals surface area contributed by atoms with E-state index >= 15 is 0 Å². The van der Waals surface area contributed by atoms with Crippen molar-refractivity contribution in [2.45, 2.75) is 25.4 Å². The van der Waals surface area contributed by atoms with E-state index < -0.39 is 11.9 Å². The van der Waals surface area contributed by atoms with E-state index in [1.54, 1.807) is 6.20 Å². The maximum Gasteiger partial charge on any atom is 0.433 e. The summed E-state index contributed by atoms with van der Waals surface area (Å²) in [5.74, 6) is 0.245. The Bertz CT molecular complexity index is 1220. The predicted molar refractivity (Wildman–Crippen MR) is 106 cm³/mol. The number of carbonyl (C=O) groups excluding carboxylic acids is 1. The molecule has 3 heterocycles. The fraction of sp³-hybridized carbons (Fsp3) is 0.227. The molecule has 5 nitrogen and oxygen atoms in total. The topological polar surface area (TPSA) is 51.0 Å². The molecule has 1 aliphatic carbocycles. The van der Waals surface area contributed by atoms with Crippen molar-refractivity contribution in [3.8, 4) is 5.82 Å². The van der Waals surface area contributed by atoms with E-state index in [0.29, 0.717) is 18.5 Å². The van der Waals surface area contributed by atoms with E-state index in [-0.39, 0.29) is 11.6 Å². The van der Waals surface area contributed by atoms with Crippen LogP contribution in [0.1, 0.15) is 25.0 Å². The second-order valence-corrected chi connectivity index (χ2v) is 7.38. The summed E-state index contributed by atoms with van der Waals surface area (Å²) < 4.78 is 40.6. The number of pyridine rings is 1. The number of hydrogen-bond donors (Lipinski definition) is 0. The number of nitrogens with zero attached hydrogens (tertiary/aromatic N) is 4. The number of fused-ring (bicyclic) bond motifs is 2. The summed E-state index contributed by atoms with van der Waals surface area (Å²) in [4.78, 5) is 18.0. The van der Waals surface area contributed by atoms with Crippen LogP contribution < -0.4 is 4.90 Å². The Morgan fingerprint density at radius 1 is 1.07 bits per heavy atom. The van der Waals surface area contributed by atoms with E-state index in [9.17, 15) is 18.0 Å². The minimum atomic E-state index is -4.53. The van der Waals surface area contributed by atoms with Crippen molar-refractivity contribution in [1.82, 2.24) is 14.8 Å². The molecular formula is C22H17F3N4O. The number of rotatable bonds is 2. The van der Waals surface area contributed by atoms with E-state index in [1.165, 1.54) is 16.8 Å². The largest absolute Gasteiger partial charge is 0.433 e. The lowest BCUT2D eigenvalue weighted by atomic mass is 9.87. The minimum Gasteiger partial charge on any atom is -0.343 e. The van der Waals surface area contributed by atoms with E-state index in [1.807, 2.05) is 29.3 Å². The molecule has 0 spiro atoms. The number of aromatic nitrogens is 3. The third-order valence-corrected chi connectivity index (χ3v) is 5.44. The smallest absolute Gasteiger partial charge is 0.343 e. The third kappa shape index (κ3) is 3.18. The first-order valence-corrected chi connectivity index (χ1v) is 9.64. The Kier molecular flexibility index (Phi) is 4.23. The zero-order valence-corrected chi connectivity index (χ0v) is 15.9. The molecule has 0 saturated heterocycles. The summed E-state index contributed by atoms with van der Waals surface area (Å²) in [6.07, 6.45) is 3.38. The molecule has 1 fully saturated rings. The number of alkyl halides is 3. The van der Waals surface area contributed by atoms with Gasteiger partial charge in [0.25, 0.3) is 0 Å². The van der Waals surface area contributed by atoms with Crippen LogP contribution in [0.4, 0.5) is 18.9 Å². The van der Waals surface area contributed by atoms with Gasteiger partial charge in [0.2, 0.25) is 0 Å². The van der Waals surface area contributed by atoms with Crippen molar-refractivity contribution in [2.75, 3.05) is 11.4 Å². The molecule has 3 aromatic rings. The van der Waals surface area contributed by atoms with Crippen molar-refractivity contribution >= 4 is 22.4 Å². The van der Waals surface area contributed by atoms with Gasteiger partial charge in [0.05, 0.1) is 11.7 Å². The number of ketones is 1. The number of allylic oxidation sites excluding steroid dienone is 2. The highest BCUT2D eigenvalue weighted by atomic mass is 19.4. The molecule has 152 valence electrons. The summed E-state index contributed by atoms with van der Waals surface area (Å²) >= 11 is 0. The van der Waals surface area contributed by atoms with Crippen molar-refractivity contribution in [3.05, 3.63) is 71.7 Å². The molecule has 0 radical (unpaired) electrons. The summed E-state index contributed by atoms with van der Waals surface area (Å²) in [5, 5.41) is 5.02. The molecule has 30 heavy (non-hydrogen) atoms. The zero-order valence-electron chi connectivity index (χ0n) is 15.9. The van der Waals surface area contributed by atoms with Gasteiger partial charge in [0, 0.05) is 35.8 Å². The Hall–Kier alpha value is -3.42. The van der Waals surface area contributed by atoms with Gasteiger partial charge in [-0.25, -0.2) is 9.67 Å². The van der Waals surface area contributed by atoms with Gasteiger partial charge in [-0.1, -0.05) is 12.1 Å². The Morgan fingerprint density at radius 2 is 1.93 bits per heavy atom. The molecular weight excluding hydrogens is 393 g/mol. The quantitative estimate of drug-likeness (QED) is 0.608. The number of benzene rings is 1. The Balaban J connectivity index is 1.55. The molecule has 1 aliphatic heterocycles. The third-order valence-electron chi connectivity index (χ3n) is 5.44. The van der Waals surface area contributed by atoms with Crippen LogP contribution in [0.15, 0.2) is 66.0 Å². The van der Waals surface area contributed by atoms with Gasteiger partial charge in [-0.05, 0) is 48.7 Å². The zero-order chi connectivity index (χ0) is 20.9. The highest BCUT2D eigenvalue weighted by Gasteiger charge is 2.32. The van der Waals surface area contributed by atoms with Crippen LogP contribution in [0, 0.1) is 0 Å². The number of halogens is 3. The second kappa shape index (κ2) is 6.83. The highest BCUT2D eigenvalue weighted by molar-refractivity contribution is 6.01. The average molecular weight is 410 g/mol. The lowest BCUT2D eigenvalue weighted by Gasteiger charge is -2.28. The second-order valence-electron chi connectivity index (χ2n) is 7.38. The lowest BCUT2D eigenvalue weighted by Crippen LogP contribution is -2.25. The molecule has 5 rings (SSSR count). The number of carbonyl (C=O) groups is 1. The standard InChI is InChI=1S/C22H17F3N4O/c23-22(24,25)20-5-2-6-21(27-20)29-18-11-16(8-7-15(18)12-26-29)28-10-9-14-3-1-4-19(30)17(14)13-28/h2,5-9,11-13H,1,3-4,10H2. The molecule has 8 heteroatoms. The van der Waals surface area contributed by atoms with Gasteiger partial charge < -0.3 is 4.90 Å². The first kappa shape index (κ1) is 18.6. The van der Waals surface area contributed by atoms with Gasteiger partial charge in [-0.2, -0.15) is 18.3 Å². The average Bonchev–Trinajstić information content (AvgIpc) is 3.17. The van der Waals surface area contributed by atoms with Crippen LogP contribution in [0.25, 0.3) is 16.7 Å². The molecule has 0 atom stereocenters. The van der Waals surface area contributed by atoms with Crippen molar-refractivity contribution in [3.63, 3.8) is 0 Å². The summed E-state index contributed by atoms with van der Waals surface area (Å²) in [5.41, 5.74) is 2.36. The van der Waals surface area contributed by atoms with Crippen LogP contribution in [-0.4, -0.2) is 27.1 Å². The van der Waals surface area contributed by atoms with Crippen LogP contribution >= 0.6 is 0 Å². The Labute approximate surface area is 170 Å². The molecule has 1 aromatic carbocycles. The van der Waals surface area contributed by atoms with Crippen LogP contribution in [0.3, 0.4) is 0 Å². The van der Waals surface area contributed by atoms with Gasteiger partial charge in [0.1, 0.15) is 5.69 Å². The Morgan fingerprint density at radius 3 is 2.77 bits per heavy atom. The molecule has 1 saturated carbocycles. The van der Waals surface area contributed by atoms with Crippen molar-refractivity contribution in [1.29, 1.82) is 0 Å². The van der Waals surface area contributed by atoms with Gasteiger partial charge in [0.15, 0.2) is 11.6 Å². The normalized spacial score (nSPS) is 17.0. The fourth-order valence-electron chi connectivity index (χ4n) is 3.92. The van der Waals surface area contributed by atoms with E-state index in [0.717, 1.165) is 41.1 Å². The predicted octanol–water partition coefficient (Wildman–Crippen LogP) is 4.82. The van der Waals surface area contributed by atoms with Gasteiger partial charge >= 0.3 is 6.18 Å². The summed E-state index contributed by atoms with van der Waals surface area (Å²) in [7, 11) is 0. The molecule has 0 bridgehead atoms. The number of hydrogen-bond acceptors (Lipinski definition) is 4. The summed E-state index contributed by atoms with van der Waals surface area (Å²) in [6, 6.07) is 9.38. The van der Waals surface area contributed by atoms with Crippen molar-refractivity contribution < 1.29 is 18.0 Å². The molecule has 0 unspecified atom stereocenters. The fourth-order valence-corrected chi connectivity index (χ4v) is 3.92. The van der Waals surface area contributed by atoms with Crippen LogP contribution in [-0.2, 0) is 11.0 Å². The van der Waals surface area contributed by atoms with Crippen LogP contribution in [0.2, 0.25) is 0 Å². The maximum absolute atomic E-state index is 13.1. The monoisotopic (exact) mass is 410 g/mol. The maximum atomic E-state index is 13.1. The SMILES string of the molecule is O=C1CCCC2=CCN(c3ccc4cnn(-c5cccc(C(F)(F)F)n5)c4c3)C=C12. The van der Waals surface area contributed by atoms with Crippen molar-refractivity contribution in [2.24, 2.45) is 0 Å². The first-order valence-electron chi connectivity index (χ1n) is 9.64. The van der Waals surface area contributed by atoms with Gasteiger partial charge in [-0.15, -0.1) is 0 Å². The lowest BCUT2D eigenvalue weighted by molar-refractivity contribution is -0.141. The van der Waals surface area contributed by atoms with Gasteiger partial charge in [-0.3, -0.25) is 4.79 Å². The molecule has 0 amide bonds. The van der Waals surface area contributed by atoms with Crippen LogP contribution in [0.5, 0.6) is 0 Å². The molecule has 0 N–H and O–H groups in total. The number of Topliss-reactive ketones (excluding diaryl/α,β-unsaturated/α-hetero) is 1. The first-order chi connectivity index (χ1) is 14.4. The molecule has 2 aromatic heterocycles. The highest BCUT2D eigenvalue weighted by Crippen LogP contribution is 2.33. The van der Waals surface area contributed by atoms with E-state index in [4.69, 9.17) is 0 Å². The van der Waals surface area contributed by atoms with E-state index in [2.05, 4.69) is 16.2 Å². The molecule has 2 aliphatic rings. The minimum absolute atomic E-state index is 0.0959.